The van der Waals surface area contributed by atoms with Crippen LogP contribution in [0.1, 0.15) is 50.0 Å². The van der Waals surface area contributed by atoms with E-state index in [-0.39, 0.29) is 6.42 Å². The van der Waals surface area contributed by atoms with Crippen LogP contribution in [0.15, 0.2) is 6.07 Å². The maximum absolute atomic E-state index is 10.6. The number of hydrogen-bond acceptors (Lipinski definition) is 2. The van der Waals surface area contributed by atoms with Crippen LogP contribution in [-0.2, 0) is 11.2 Å². The Kier molecular flexibility index (Phi) is 2.50. The zero-order valence-electron chi connectivity index (χ0n) is 9.10. The third-order valence-electron chi connectivity index (χ3n) is 2.63. The molecule has 0 spiro atoms. The number of carboxylic acids is 1. The minimum Gasteiger partial charge on any atom is -0.481 e. The van der Waals surface area contributed by atoms with Crippen LogP contribution >= 0.6 is 0 Å². The third-order valence-corrected chi connectivity index (χ3v) is 2.63. The molecule has 0 aromatic carbocycles. The minimum atomic E-state index is -0.814. The number of hydrogen-bond donors (Lipinski definition) is 1. The van der Waals surface area contributed by atoms with Crippen molar-refractivity contribution in [1.29, 1.82) is 0 Å². The van der Waals surface area contributed by atoms with Crippen molar-refractivity contribution in [3.05, 3.63) is 17.5 Å². The van der Waals surface area contributed by atoms with Crippen molar-refractivity contribution in [3.8, 4) is 0 Å². The summed E-state index contributed by atoms with van der Waals surface area (Å²) in [4.78, 5) is 10.6. The van der Waals surface area contributed by atoms with Gasteiger partial charge in [-0.3, -0.25) is 9.48 Å². The van der Waals surface area contributed by atoms with E-state index in [1.165, 1.54) is 18.5 Å². The summed E-state index contributed by atoms with van der Waals surface area (Å²) < 4.78 is 1.97. The molecule has 0 saturated heterocycles. The van der Waals surface area contributed by atoms with Gasteiger partial charge in [-0.2, -0.15) is 5.10 Å². The van der Waals surface area contributed by atoms with E-state index in [4.69, 9.17) is 5.11 Å². The highest BCUT2D eigenvalue weighted by molar-refractivity contribution is 5.69. The second-order valence-electron chi connectivity index (χ2n) is 4.44. The molecule has 0 bridgehead atoms. The number of nitrogens with zero attached hydrogens (tertiary/aromatic N) is 2. The molecule has 1 fully saturated rings. The Balaban J connectivity index is 2.26. The van der Waals surface area contributed by atoms with E-state index < -0.39 is 5.97 Å². The topological polar surface area (TPSA) is 55.1 Å². The molecular weight excluding hydrogens is 192 g/mol. The van der Waals surface area contributed by atoms with Crippen LogP contribution in [0.25, 0.3) is 0 Å². The van der Waals surface area contributed by atoms with Crippen molar-refractivity contribution in [2.24, 2.45) is 0 Å². The predicted octanol–water partition coefficient (Wildman–Crippen LogP) is 1.97. The van der Waals surface area contributed by atoms with Crippen LogP contribution in [0, 0.1) is 0 Å². The van der Waals surface area contributed by atoms with Crippen molar-refractivity contribution in [2.75, 3.05) is 0 Å². The van der Waals surface area contributed by atoms with Gasteiger partial charge in [0.2, 0.25) is 0 Å². The summed E-state index contributed by atoms with van der Waals surface area (Å²) in [6.45, 7) is 4.15. The Morgan fingerprint density at radius 1 is 1.67 bits per heavy atom. The number of carbonyl (C=O) groups is 1. The average Bonchev–Trinajstić information content (AvgIpc) is 2.87. The van der Waals surface area contributed by atoms with Gasteiger partial charge in [-0.15, -0.1) is 0 Å². The van der Waals surface area contributed by atoms with Crippen molar-refractivity contribution in [3.63, 3.8) is 0 Å². The molecule has 1 aromatic rings. The molecular formula is C11H16N2O2. The molecule has 0 radical (unpaired) electrons. The normalized spacial score (nSPS) is 15.9. The van der Waals surface area contributed by atoms with Gasteiger partial charge in [0.25, 0.3) is 0 Å². The van der Waals surface area contributed by atoms with E-state index in [1.807, 2.05) is 10.7 Å². The lowest BCUT2D eigenvalue weighted by atomic mass is 10.2. The highest BCUT2D eigenvalue weighted by atomic mass is 16.4. The largest absolute Gasteiger partial charge is 0.481 e. The summed E-state index contributed by atoms with van der Waals surface area (Å²) in [6.07, 6.45) is 2.45. The van der Waals surface area contributed by atoms with Crippen molar-refractivity contribution >= 4 is 5.97 Å². The van der Waals surface area contributed by atoms with E-state index in [0.29, 0.717) is 17.7 Å². The molecule has 82 valence electrons. The van der Waals surface area contributed by atoms with Crippen LogP contribution in [0.3, 0.4) is 0 Å². The Morgan fingerprint density at radius 2 is 2.33 bits per heavy atom. The van der Waals surface area contributed by atoms with Gasteiger partial charge in [-0.05, 0) is 32.8 Å². The SMILES string of the molecule is CC(C)n1nc(CC(=O)O)cc1C1CC1. The summed E-state index contributed by atoms with van der Waals surface area (Å²) in [5.74, 6) is -0.201. The molecule has 2 rings (SSSR count). The van der Waals surface area contributed by atoms with Gasteiger partial charge in [-0.1, -0.05) is 0 Å². The van der Waals surface area contributed by atoms with Crippen molar-refractivity contribution in [1.82, 2.24) is 9.78 Å². The van der Waals surface area contributed by atoms with Crippen LogP contribution in [0.2, 0.25) is 0 Å². The van der Waals surface area contributed by atoms with Gasteiger partial charge in [0.1, 0.15) is 0 Å². The molecule has 1 aromatic heterocycles. The van der Waals surface area contributed by atoms with E-state index >= 15 is 0 Å². The van der Waals surface area contributed by atoms with E-state index in [9.17, 15) is 4.79 Å². The molecule has 4 heteroatoms. The Morgan fingerprint density at radius 3 is 2.80 bits per heavy atom. The van der Waals surface area contributed by atoms with Crippen molar-refractivity contribution in [2.45, 2.75) is 45.1 Å². The summed E-state index contributed by atoms with van der Waals surface area (Å²) in [5, 5.41) is 13.1. The summed E-state index contributed by atoms with van der Waals surface area (Å²) in [7, 11) is 0. The van der Waals surface area contributed by atoms with E-state index in [0.717, 1.165) is 0 Å². The summed E-state index contributed by atoms with van der Waals surface area (Å²) in [6, 6.07) is 2.26. The van der Waals surface area contributed by atoms with Gasteiger partial charge in [0.15, 0.2) is 0 Å². The van der Waals surface area contributed by atoms with Gasteiger partial charge in [0, 0.05) is 17.7 Å². The first-order chi connectivity index (χ1) is 7.08. The molecule has 0 aliphatic heterocycles. The second kappa shape index (κ2) is 3.68. The van der Waals surface area contributed by atoms with Crippen LogP contribution in [0.4, 0.5) is 0 Å². The maximum Gasteiger partial charge on any atom is 0.309 e. The first kappa shape index (κ1) is 10.2. The monoisotopic (exact) mass is 208 g/mol. The van der Waals surface area contributed by atoms with Gasteiger partial charge in [0.05, 0.1) is 12.1 Å². The molecule has 1 aliphatic carbocycles. The lowest BCUT2D eigenvalue weighted by molar-refractivity contribution is -0.136. The van der Waals surface area contributed by atoms with Gasteiger partial charge < -0.3 is 5.11 Å². The zero-order chi connectivity index (χ0) is 11.0. The summed E-state index contributed by atoms with van der Waals surface area (Å²) >= 11 is 0. The maximum atomic E-state index is 10.6. The molecule has 1 aliphatic rings. The predicted molar refractivity (Wildman–Crippen MR) is 55.9 cm³/mol. The Bertz CT molecular complexity index is 358. The van der Waals surface area contributed by atoms with E-state index in [2.05, 4.69) is 18.9 Å². The number of aliphatic carboxylic acids is 1. The van der Waals surface area contributed by atoms with Crippen LogP contribution in [0.5, 0.6) is 0 Å². The highest BCUT2D eigenvalue weighted by Gasteiger charge is 2.28. The number of aromatic nitrogens is 2. The third kappa shape index (κ3) is 2.19. The molecule has 1 N–H and O–H groups in total. The molecule has 0 unspecified atom stereocenters. The van der Waals surface area contributed by atoms with Crippen molar-refractivity contribution < 1.29 is 9.90 Å². The van der Waals surface area contributed by atoms with Crippen LogP contribution in [-0.4, -0.2) is 20.9 Å². The Labute approximate surface area is 88.9 Å². The molecule has 0 atom stereocenters. The first-order valence-electron chi connectivity index (χ1n) is 5.38. The molecule has 0 amide bonds. The zero-order valence-corrected chi connectivity index (χ0v) is 9.10. The Hall–Kier alpha value is -1.32. The number of carboxylic acid groups (broad SMARTS) is 1. The summed E-state index contributed by atoms with van der Waals surface area (Å²) in [5.41, 5.74) is 1.89. The quantitative estimate of drug-likeness (QED) is 0.823. The fourth-order valence-corrected chi connectivity index (χ4v) is 1.80. The highest BCUT2D eigenvalue weighted by Crippen LogP contribution is 2.41. The smallest absolute Gasteiger partial charge is 0.309 e. The number of rotatable bonds is 4. The first-order valence-corrected chi connectivity index (χ1v) is 5.38. The lowest BCUT2D eigenvalue weighted by Crippen LogP contribution is -2.07. The lowest BCUT2D eigenvalue weighted by Gasteiger charge is -2.09. The average molecular weight is 208 g/mol. The fraction of sp³-hybridized carbons (Fsp3) is 0.636. The standard InChI is InChI=1S/C11H16N2O2/c1-7(2)13-10(8-3-4-8)5-9(12-13)6-11(14)15/h5,7-8H,3-4,6H2,1-2H3,(H,14,15). The fourth-order valence-electron chi connectivity index (χ4n) is 1.80. The van der Waals surface area contributed by atoms with Crippen LogP contribution < -0.4 is 0 Å². The second-order valence-corrected chi connectivity index (χ2v) is 4.44. The molecule has 4 nitrogen and oxygen atoms in total. The molecule has 1 saturated carbocycles. The minimum absolute atomic E-state index is 0.0272. The van der Waals surface area contributed by atoms with E-state index in [1.54, 1.807) is 0 Å². The molecule has 1 heterocycles. The van der Waals surface area contributed by atoms with Gasteiger partial charge in [-0.25, -0.2) is 0 Å². The van der Waals surface area contributed by atoms with Gasteiger partial charge >= 0.3 is 5.97 Å². The molecule has 15 heavy (non-hydrogen) atoms.